The number of nitrogens with zero attached hydrogens (tertiary/aromatic N) is 5. The van der Waals surface area contributed by atoms with E-state index in [9.17, 15) is 47.9 Å². The van der Waals surface area contributed by atoms with Gasteiger partial charge in [0.15, 0.2) is 0 Å². The molecule has 6 rings (SSSR count). The molecule has 0 unspecified atom stereocenters. The van der Waals surface area contributed by atoms with Crippen molar-refractivity contribution in [3.63, 3.8) is 0 Å². The lowest BCUT2D eigenvalue weighted by Gasteiger charge is -2.42. The van der Waals surface area contributed by atoms with Crippen LogP contribution in [0.25, 0.3) is 11.3 Å². The second kappa shape index (κ2) is 30.0. The number of carbonyl (C=O) groups is 8. The largest absolute Gasteiger partial charge is 0.445 e. The van der Waals surface area contributed by atoms with Crippen LogP contribution in [0.2, 0.25) is 0 Å². The van der Waals surface area contributed by atoms with E-state index in [1.807, 2.05) is 55.7 Å². The third-order valence-corrected chi connectivity index (χ3v) is 14.2. The Kier molecular flexibility index (Phi) is 23.1. The molecule has 8 N–H and O–H groups in total. The Morgan fingerprint density at radius 1 is 0.854 bits per heavy atom. The topological polar surface area (TPSA) is 280 Å². The number of unbranched alkanes of at least 4 members (excludes halogenated alkanes) is 2. The van der Waals surface area contributed by atoms with E-state index in [1.165, 1.54) is 12.2 Å². The number of imide groups is 1. The van der Waals surface area contributed by atoms with Crippen molar-refractivity contribution in [1.29, 1.82) is 0 Å². The zero-order chi connectivity index (χ0) is 59.5. The summed E-state index contributed by atoms with van der Waals surface area (Å²) < 4.78 is 37.3. The first-order chi connectivity index (χ1) is 39.1. The second-order valence-electron chi connectivity index (χ2n) is 21.9. The number of carbonyl (C=O) groups excluding carboxylic acids is 8. The Labute approximate surface area is 476 Å². The zero-order valence-electron chi connectivity index (χ0n) is 47.3. The fourth-order valence-corrected chi connectivity index (χ4v) is 9.92. The van der Waals surface area contributed by atoms with Gasteiger partial charge in [0.05, 0.1) is 24.4 Å². The van der Waals surface area contributed by atoms with Crippen LogP contribution in [0, 0.1) is 23.0 Å². The van der Waals surface area contributed by atoms with Crippen molar-refractivity contribution in [2.75, 3.05) is 44.6 Å². The normalized spacial score (nSPS) is 15.3. The van der Waals surface area contributed by atoms with E-state index in [1.54, 1.807) is 54.1 Å². The highest BCUT2D eigenvalue weighted by Gasteiger charge is 2.42. The second-order valence-corrected chi connectivity index (χ2v) is 21.9. The number of amides is 10. The van der Waals surface area contributed by atoms with E-state index in [-0.39, 0.29) is 106 Å². The molecule has 0 aliphatic carbocycles. The highest BCUT2D eigenvalue weighted by atomic mass is 19.1. The van der Waals surface area contributed by atoms with Crippen LogP contribution in [-0.4, -0.2) is 135 Å². The molecule has 1 saturated heterocycles. The van der Waals surface area contributed by atoms with E-state index in [0.717, 1.165) is 28.7 Å². The van der Waals surface area contributed by atoms with Gasteiger partial charge in [0.2, 0.25) is 17.7 Å². The smallest absolute Gasteiger partial charge is 0.407 e. The van der Waals surface area contributed by atoms with E-state index < -0.39 is 65.2 Å². The van der Waals surface area contributed by atoms with Gasteiger partial charge in [-0.2, -0.15) is 0 Å². The molecule has 3 aromatic carbocycles. The van der Waals surface area contributed by atoms with Gasteiger partial charge < -0.3 is 56.5 Å². The molecule has 2 aliphatic heterocycles. The van der Waals surface area contributed by atoms with Crippen LogP contribution in [0.3, 0.4) is 0 Å². The van der Waals surface area contributed by atoms with Gasteiger partial charge in [-0.3, -0.25) is 28.9 Å². The Morgan fingerprint density at radius 2 is 1.56 bits per heavy atom. The Hall–Kier alpha value is -8.21. The van der Waals surface area contributed by atoms with Crippen LogP contribution in [0.5, 0.6) is 0 Å². The number of ether oxygens (including phenoxy) is 1. The van der Waals surface area contributed by atoms with Crippen molar-refractivity contribution in [3.8, 4) is 11.3 Å². The number of halogens is 2. The number of hydrogen-bond donors (Lipinski definition) is 7. The Morgan fingerprint density at radius 3 is 2.23 bits per heavy atom. The molecule has 0 bridgehead atoms. The lowest BCUT2D eigenvalue weighted by molar-refractivity contribution is -0.137. The van der Waals surface area contributed by atoms with Gasteiger partial charge in [-0.15, -0.1) is 0 Å². The molecule has 0 spiro atoms. The fourth-order valence-electron chi connectivity index (χ4n) is 9.92. The first-order valence-corrected chi connectivity index (χ1v) is 27.8. The van der Waals surface area contributed by atoms with Gasteiger partial charge in [0.25, 0.3) is 11.8 Å². The summed E-state index contributed by atoms with van der Waals surface area (Å²) >= 11 is 0. The minimum Gasteiger partial charge on any atom is -0.445 e. The number of aliphatic hydroxyl groups is 1. The quantitative estimate of drug-likeness (QED) is 0.0233. The number of nitrogens with two attached hydrogens (primary N) is 1. The van der Waals surface area contributed by atoms with Crippen molar-refractivity contribution in [2.45, 2.75) is 130 Å². The number of urea groups is 2. The zero-order valence-corrected chi connectivity index (χ0v) is 47.3. The van der Waals surface area contributed by atoms with Crippen molar-refractivity contribution in [1.82, 2.24) is 45.5 Å². The highest BCUT2D eigenvalue weighted by molar-refractivity contribution is 6.12. The maximum atomic E-state index is 15.3. The number of aliphatic hydroxyl groups excluding tert-OH is 1. The van der Waals surface area contributed by atoms with Crippen LogP contribution in [0.4, 0.5) is 28.9 Å². The number of anilines is 1. The summed E-state index contributed by atoms with van der Waals surface area (Å²) in [5.41, 5.74) is 6.56. The predicted octanol–water partition coefficient (Wildman–Crippen LogP) is 6.66. The molecule has 3 heterocycles. The van der Waals surface area contributed by atoms with Crippen molar-refractivity contribution in [3.05, 3.63) is 120 Å². The summed E-state index contributed by atoms with van der Waals surface area (Å²) in [4.78, 5) is 113. The number of likely N-dealkylation sites (tertiary alicyclic amines) is 1. The number of rotatable bonds is 28. The van der Waals surface area contributed by atoms with Crippen LogP contribution >= 0.6 is 0 Å². The van der Waals surface area contributed by atoms with Gasteiger partial charge >= 0.3 is 18.2 Å². The third-order valence-electron chi connectivity index (χ3n) is 14.2. The number of primary amides is 1. The molecule has 10 amide bonds. The van der Waals surface area contributed by atoms with Crippen molar-refractivity contribution >= 4 is 53.4 Å². The van der Waals surface area contributed by atoms with Crippen LogP contribution in [0.15, 0.2) is 91.1 Å². The third kappa shape index (κ3) is 18.1. The van der Waals surface area contributed by atoms with Gasteiger partial charge in [0, 0.05) is 75.3 Å². The fraction of sp³-hybridized carbons (Fsp3) is 0.475. The molecule has 1 fully saturated rings. The molecule has 23 heteroatoms. The Bertz CT molecular complexity index is 2880. The van der Waals surface area contributed by atoms with Gasteiger partial charge in [0.1, 0.15) is 36.1 Å². The summed E-state index contributed by atoms with van der Waals surface area (Å²) in [5.74, 6) is -3.49. The van der Waals surface area contributed by atoms with Gasteiger partial charge in [-0.25, -0.2) is 28.1 Å². The summed E-state index contributed by atoms with van der Waals surface area (Å²) in [6.07, 6.45) is 6.95. The average Bonchev–Trinajstić information content (AvgIpc) is 4.37. The van der Waals surface area contributed by atoms with Crippen molar-refractivity contribution < 1.29 is 57.0 Å². The molecule has 82 heavy (non-hydrogen) atoms. The summed E-state index contributed by atoms with van der Waals surface area (Å²) in [7, 11) is 0. The lowest BCUT2D eigenvalue weighted by atomic mass is 9.84. The Balaban J connectivity index is 1.06. The lowest BCUT2D eigenvalue weighted by Crippen LogP contribution is -2.54. The molecule has 0 radical (unpaired) electrons. The number of benzene rings is 3. The summed E-state index contributed by atoms with van der Waals surface area (Å²) in [5, 5.41) is 23.8. The van der Waals surface area contributed by atoms with E-state index in [0.29, 0.717) is 62.3 Å². The monoisotopic (exact) mass is 1140 g/mol. The predicted molar refractivity (Wildman–Crippen MR) is 302 cm³/mol. The minimum absolute atomic E-state index is 0.0318. The number of imidazole rings is 1. The molecule has 4 aromatic rings. The SMILES string of the molecule is CC(C)[C@H](NC(=O)CCCCCN1C(=O)C=CC1=O)C(=O)N[C@@H](CCCNC(N)=O)C(=O)Nc1ccc(COC(=O)NCCCN(C(=O)N2CCC[C@H]2CO)[C@@H](c2nc(-c3cc(F)ccc3F)cn2Cc2ccccc2)C(C)(C)C)cc1. The summed E-state index contributed by atoms with van der Waals surface area (Å²) in [6, 6.07) is 14.9. The minimum atomic E-state index is -1.09. The molecule has 0 saturated carbocycles. The van der Waals surface area contributed by atoms with E-state index in [2.05, 4.69) is 26.6 Å². The van der Waals surface area contributed by atoms with Crippen molar-refractivity contribution in [2.24, 2.45) is 17.1 Å². The highest BCUT2D eigenvalue weighted by Crippen LogP contribution is 2.41. The molecule has 2 aliphatic rings. The first-order valence-electron chi connectivity index (χ1n) is 27.8. The van der Waals surface area contributed by atoms with Crippen LogP contribution in [0.1, 0.15) is 115 Å². The van der Waals surface area contributed by atoms with Gasteiger partial charge in [-0.1, -0.05) is 83.5 Å². The maximum Gasteiger partial charge on any atom is 0.407 e. The molecular weight excluding hydrogens is 1060 g/mol. The molecule has 442 valence electrons. The molecule has 21 nitrogen and oxygen atoms in total. The number of alkyl carbamates (subject to hydrolysis) is 1. The van der Waals surface area contributed by atoms with Crippen LogP contribution < -0.4 is 32.3 Å². The average molecular weight is 1140 g/mol. The van der Waals surface area contributed by atoms with E-state index >= 15 is 4.39 Å². The summed E-state index contributed by atoms with van der Waals surface area (Å²) in [6.45, 7) is 10.4. The standard InChI is InChI=1S/C59H77F2N11O10/c1-38(2)51(68-48(74)19-10-7-11-30-71-49(75)26-27-50(71)76)55(78)67-46(18-12-28-63-56(62)79)54(77)65-42-23-20-40(21-24-42)37-82-57(80)64-29-14-32-72(58(81)70-31-13-17-43(70)36-73)52(59(3,4)5)53-66-47(44-33-41(60)22-25-45(44)61)35-69(53)34-39-15-8-6-9-16-39/h6,8-9,15-16,20-27,33,35,38,43,46,51-52,73H,7,10-14,17-19,28-32,34,36-37H2,1-5H3,(H,64,80)(H,65,77)(H,67,78)(H,68,74)(H3,62,63,79)/t43-,46-,51-,52-/m0/s1. The molecular formula is C59H77F2N11O10. The molecule has 1 aromatic heterocycles. The van der Waals surface area contributed by atoms with Gasteiger partial charge in [-0.05, 0) is 97.7 Å². The van der Waals surface area contributed by atoms with Crippen LogP contribution in [-0.2, 0) is 41.9 Å². The molecule has 4 atom stereocenters. The number of nitrogens with one attached hydrogen (secondary N) is 5. The maximum absolute atomic E-state index is 15.3. The number of hydrogen-bond acceptors (Lipinski definition) is 11. The van der Waals surface area contributed by atoms with E-state index in [4.69, 9.17) is 15.5 Å². The number of aromatic nitrogens is 2. The first kappa shape index (κ1) is 63.0.